The van der Waals surface area contributed by atoms with Gasteiger partial charge in [-0.05, 0) is 12.8 Å². The van der Waals surface area contributed by atoms with E-state index in [1.807, 2.05) is 30.3 Å². The second kappa shape index (κ2) is 6.86. The Morgan fingerprint density at radius 1 is 1.17 bits per heavy atom. The number of hydrogen-bond donors (Lipinski definition) is 1. The van der Waals surface area contributed by atoms with E-state index in [-0.39, 0.29) is 5.69 Å². The summed E-state index contributed by atoms with van der Waals surface area (Å²) in [5.74, 6) is -0.313. The number of carbonyl (C=O) groups is 2. The Balaban J connectivity index is 1.79. The predicted molar refractivity (Wildman–Crippen MR) is 87.2 cm³/mol. The highest BCUT2D eigenvalue weighted by Gasteiger charge is 2.42. The molecule has 0 spiro atoms. The van der Waals surface area contributed by atoms with Gasteiger partial charge in [0.2, 0.25) is 0 Å². The molecule has 1 saturated carbocycles. The highest BCUT2D eigenvalue weighted by molar-refractivity contribution is 5.97. The number of esters is 1. The van der Waals surface area contributed by atoms with Gasteiger partial charge in [0.1, 0.15) is 5.54 Å². The van der Waals surface area contributed by atoms with Crippen LogP contribution in [0.3, 0.4) is 0 Å². The third kappa shape index (κ3) is 3.18. The molecule has 1 aromatic carbocycles. The molecule has 6 nitrogen and oxygen atoms in total. The van der Waals surface area contributed by atoms with Gasteiger partial charge in [-0.3, -0.25) is 4.79 Å². The van der Waals surface area contributed by atoms with Crippen molar-refractivity contribution in [2.45, 2.75) is 37.6 Å². The molecule has 0 saturated heterocycles. The molecule has 1 aliphatic rings. The molecule has 1 N–H and O–H groups in total. The molecule has 0 aliphatic heterocycles. The van der Waals surface area contributed by atoms with Crippen molar-refractivity contribution in [1.29, 1.82) is 0 Å². The normalized spacial score (nSPS) is 16.4. The highest BCUT2D eigenvalue weighted by Crippen LogP contribution is 2.30. The smallest absolute Gasteiger partial charge is 0.331 e. The van der Waals surface area contributed by atoms with E-state index in [4.69, 9.17) is 9.26 Å². The zero-order chi connectivity index (χ0) is 17.0. The van der Waals surface area contributed by atoms with Gasteiger partial charge < -0.3 is 14.6 Å². The van der Waals surface area contributed by atoms with Crippen molar-refractivity contribution in [2.24, 2.45) is 0 Å². The first-order chi connectivity index (χ1) is 11.6. The number of hydrogen-bond acceptors (Lipinski definition) is 5. The molecule has 0 atom stereocenters. The van der Waals surface area contributed by atoms with Gasteiger partial charge in [0.25, 0.3) is 5.91 Å². The number of nitrogens with zero attached hydrogens (tertiary/aromatic N) is 1. The van der Waals surface area contributed by atoms with Crippen molar-refractivity contribution in [2.75, 3.05) is 7.11 Å². The van der Waals surface area contributed by atoms with E-state index in [9.17, 15) is 9.59 Å². The van der Waals surface area contributed by atoms with Gasteiger partial charge in [0.15, 0.2) is 11.5 Å². The largest absolute Gasteiger partial charge is 0.467 e. The number of nitrogens with one attached hydrogen (secondary N) is 1. The summed E-state index contributed by atoms with van der Waals surface area (Å²) in [6.07, 6.45) is 3.97. The van der Waals surface area contributed by atoms with Crippen LogP contribution in [0.1, 0.15) is 42.6 Å². The average Bonchev–Trinajstić information content (AvgIpc) is 3.13. The molecule has 1 fully saturated rings. The number of rotatable bonds is 4. The predicted octanol–water partition coefficient (Wildman–Crippen LogP) is 2.95. The quantitative estimate of drug-likeness (QED) is 0.873. The Morgan fingerprint density at radius 2 is 1.88 bits per heavy atom. The van der Waals surface area contributed by atoms with Gasteiger partial charge in [-0.15, -0.1) is 0 Å². The Morgan fingerprint density at radius 3 is 2.54 bits per heavy atom. The molecule has 126 valence electrons. The van der Waals surface area contributed by atoms with Crippen molar-refractivity contribution in [3.05, 3.63) is 42.1 Å². The van der Waals surface area contributed by atoms with Gasteiger partial charge >= 0.3 is 5.97 Å². The van der Waals surface area contributed by atoms with Crippen LogP contribution in [0.5, 0.6) is 0 Å². The van der Waals surface area contributed by atoms with Crippen LogP contribution in [0.15, 0.2) is 40.9 Å². The summed E-state index contributed by atoms with van der Waals surface area (Å²) in [7, 11) is 1.34. The summed E-state index contributed by atoms with van der Waals surface area (Å²) in [6, 6.07) is 11.0. The molecule has 0 radical (unpaired) electrons. The lowest BCUT2D eigenvalue weighted by molar-refractivity contribution is -0.149. The molecule has 2 aromatic rings. The molecule has 1 aromatic heterocycles. The summed E-state index contributed by atoms with van der Waals surface area (Å²) < 4.78 is 10.2. The molecular weight excluding hydrogens is 308 g/mol. The molecule has 0 unspecified atom stereocenters. The fourth-order valence-corrected chi connectivity index (χ4v) is 3.13. The van der Waals surface area contributed by atoms with Crippen LogP contribution in [0, 0.1) is 0 Å². The second-order valence-electron chi connectivity index (χ2n) is 6.03. The van der Waals surface area contributed by atoms with Crippen molar-refractivity contribution >= 4 is 11.9 Å². The van der Waals surface area contributed by atoms with E-state index in [0.717, 1.165) is 24.8 Å². The minimum absolute atomic E-state index is 0.155. The Bertz CT molecular complexity index is 718. The third-order valence-corrected chi connectivity index (χ3v) is 4.44. The fourth-order valence-electron chi connectivity index (χ4n) is 3.13. The van der Waals surface area contributed by atoms with Gasteiger partial charge in [0.05, 0.1) is 7.11 Å². The lowest BCUT2D eigenvalue weighted by Crippen LogP contribution is -2.56. The number of ether oxygens (including phenoxy) is 1. The minimum atomic E-state index is -0.962. The molecule has 3 rings (SSSR count). The maximum Gasteiger partial charge on any atom is 0.331 e. The Hall–Kier alpha value is -2.63. The lowest BCUT2D eigenvalue weighted by atomic mass is 9.81. The zero-order valence-corrected chi connectivity index (χ0v) is 13.6. The second-order valence-corrected chi connectivity index (χ2v) is 6.03. The van der Waals surface area contributed by atoms with Crippen molar-refractivity contribution < 1.29 is 18.8 Å². The van der Waals surface area contributed by atoms with E-state index in [0.29, 0.717) is 18.6 Å². The van der Waals surface area contributed by atoms with E-state index in [2.05, 4.69) is 10.5 Å². The van der Waals surface area contributed by atoms with Gasteiger partial charge in [-0.1, -0.05) is 54.8 Å². The maximum atomic E-state index is 12.5. The maximum absolute atomic E-state index is 12.5. The number of benzene rings is 1. The summed E-state index contributed by atoms with van der Waals surface area (Å²) in [5.41, 5.74) is 0.0303. The van der Waals surface area contributed by atoms with Gasteiger partial charge in [-0.25, -0.2) is 4.79 Å². The number of amides is 1. The zero-order valence-electron chi connectivity index (χ0n) is 13.6. The summed E-state index contributed by atoms with van der Waals surface area (Å²) in [4.78, 5) is 24.7. The van der Waals surface area contributed by atoms with Crippen LogP contribution in [-0.2, 0) is 9.53 Å². The van der Waals surface area contributed by atoms with Crippen molar-refractivity contribution in [1.82, 2.24) is 10.5 Å². The Kier molecular flexibility index (Phi) is 4.64. The summed E-state index contributed by atoms with van der Waals surface area (Å²) in [6.45, 7) is 0. The SMILES string of the molecule is COC(=O)C1(NC(=O)c2cc(-c3ccccc3)on2)CCCCC1. The van der Waals surface area contributed by atoms with Gasteiger partial charge in [0, 0.05) is 11.6 Å². The number of methoxy groups -OCH3 is 1. The van der Waals surface area contributed by atoms with Crippen LogP contribution in [-0.4, -0.2) is 29.7 Å². The average molecular weight is 328 g/mol. The van der Waals surface area contributed by atoms with E-state index < -0.39 is 17.4 Å². The molecule has 6 heteroatoms. The van der Waals surface area contributed by atoms with E-state index in [1.165, 1.54) is 7.11 Å². The topological polar surface area (TPSA) is 81.4 Å². The van der Waals surface area contributed by atoms with E-state index >= 15 is 0 Å². The van der Waals surface area contributed by atoms with E-state index in [1.54, 1.807) is 6.07 Å². The first-order valence-corrected chi connectivity index (χ1v) is 8.08. The molecule has 1 amide bonds. The summed E-state index contributed by atoms with van der Waals surface area (Å²) in [5, 5.41) is 6.66. The monoisotopic (exact) mass is 328 g/mol. The molecule has 1 aliphatic carbocycles. The van der Waals surface area contributed by atoms with Crippen LogP contribution in [0.2, 0.25) is 0 Å². The van der Waals surface area contributed by atoms with Crippen LogP contribution in [0.25, 0.3) is 11.3 Å². The fraction of sp³-hybridized carbons (Fsp3) is 0.389. The molecule has 24 heavy (non-hydrogen) atoms. The highest BCUT2D eigenvalue weighted by atomic mass is 16.5. The van der Waals surface area contributed by atoms with Crippen LogP contribution < -0.4 is 5.32 Å². The van der Waals surface area contributed by atoms with Crippen LogP contribution >= 0.6 is 0 Å². The number of carbonyl (C=O) groups excluding carboxylic acids is 2. The van der Waals surface area contributed by atoms with Gasteiger partial charge in [-0.2, -0.15) is 0 Å². The molecular formula is C18H20N2O4. The van der Waals surface area contributed by atoms with Crippen LogP contribution in [0.4, 0.5) is 0 Å². The first-order valence-electron chi connectivity index (χ1n) is 8.08. The Labute approximate surface area is 140 Å². The van der Waals surface area contributed by atoms with Crippen molar-refractivity contribution in [3.63, 3.8) is 0 Å². The summed E-state index contributed by atoms with van der Waals surface area (Å²) >= 11 is 0. The minimum Gasteiger partial charge on any atom is -0.467 e. The number of aromatic nitrogens is 1. The molecule has 0 bridgehead atoms. The third-order valence-electron chi connectivity index (χ3n) is 4.44. The molecule has 1 heterocycles. The standard InChI is InChI=1S/C18H20N2O4/c1-23-17(22)18(10-6-3-7-11-18)19-16(21)14-12-15(24-20-14)13-8-4-2-5-9-13/h2,4-5,8-9,12H,3,6-7,10-11H2,1H3,(H,19,21). The first kappa shape index (κ1) is 16.2. The van der Waals surface area contributed by atoms with Crippen molar-refractivity contribution in [3.8, 4) is 11.3 Å². The lowest BCUT2D eigenvalue weighted by Gasteiger charge is -2.34.